The molecule has 1 rings (SSSR count). The van der Waals surface area contributed by atoms with Gasteiger partial charge < -0.3 is 10.4 Å². The first-order valence-electron chi connectivity index (χ1n) is 6.71. The Morgan fingerprint density at radius 2 is 1.90 bits per heavy atom. The number of hydrogen-bond acceptors (Lipinski definition) is 3. The van der Waals surface area contributed by atoms with E-state index in [1.165, 1.54) is 12.4 Å². The molecule has 20 heavy (non-hydrogen) atoms. The minimum atomic E-state index is -0.744. The molecular weight excluding hydrogens is 280 g/mol. The third kappa shape index (κ3) is 6.52. The highest BCUT2D eigenvalue weighted by Crippen LogP contribution is 2.13. The van der Waals surface area contributed by atoms with Gasteiger partial charge in [0.2, 0.25) is 0 Å². The monoisotopic (exact) mass is 298 g/mol. The molecule has 0 aliphatic heterocycles. The van der Waals surface area contributed by atoms with Gasteiger partial charge in [-0.2, -0.15) is 0 Å². The summed E-state index contributed by atoms with van der Waals surface area (Å²) >= 11 is 5.87. The lowest BCUT2D eigenvalue weighted by atomic mass is 10.1. The van der Waals surface area contributed by atoms with Crippen molar-refractivity contribution < 1.29 is 14.7 Å². The van der Waals surface area contributed by atoms with Crippen LogP contribution in [0.5, 0.6) is 0 Å². The zero-order valence-electron chi connectivity index (χ0n) is 11.3. The zero-order chi connectivity index (χ0) is 14.8. The largest absolute Gasteiger partial charge is 0.481 e. The average Bonchev–Trinajstić information content (AvgIpc) is 2.41. The Hall–Kier alpha value is -1.62. The van der Waals surface area contributed by atoms with E-state index in [2.05, 4.69) is 10.3 Å². The molecule has 6 heteroatoms. The fourth-order valence-electron chi connectivity index (χ4n) is 1.79. The van der Waals surface area contributed by atoms with Crippen molar-refractivity contribution in [2.75, 3.05) is 6.54 Å². The van der Waals surface area contributed by atoms with Gasteiger partial charge >= 0.3 is 5.97 Å². The fourth-order valence-corrected chi connectivity index (χ4v) is 1.99. The van der Waals surface area contributed by atoms with Crippen LogP contribution in [-0.4, -0.2) is 28.5 Å². The predicted octanol–water partition coefficient (Wildman–Crippen LogP) is 2.89. The number of hydrogen-bond donors (Lipinski definition) is 2. The second kappa shape index (κ2) is 9.31. The molecule has 0 aliphatic rings. The Kier molecular flexibility index (Phi) is 7.65. The lowest BCUT2D eigenvalue weighted by molar-refractivity contribution is -0.137. The average molecular weight is 299 g/mol. The number of aromatic nitrogens is 1. The molecule has 0 bridgehead atoms. The highest BCUT2D eigenvalue weighted by molar-refractivity contribution is 6.33. The third-order valence-electron chi connectivity index (χ3n) is 2.87. The lowest BCUT2D eigenvalue weighted by Gasteiger charge is -2.06. The van der Waals surface area contributed by atoms with E-state index in [9.17, 15) is 9.59 Å². The summed E-state index contributed by atoms with van der Waals surface area (Å²) in [5.74, 6) is -0.935. The van der Waals surface area contributed by atoms with Gasteiger partial charge in [-0.15, -0.1) is 0 Å². The van der Waals surface area contributed by atoms with E-state index < -0.39 is 5.97 Å². The smallest absolute Gasteiger partial charge is 0.303 e. The van der Waals surface area contributed by atoms with Crippen LogP contribution in [0, 0.1) is 0 Å². The van der Waals surface area contributed by atoms with Crippen LogP contribution >= 0.6 is 11.6 Å². The molecule has 1 heterocycles. The maximum atomic E-state index is 11.8. The first-order valence-corrected chi connectivity index (χ1v) is 7.08. The van der Waals surface area contributed by atoms with Crippen LogP contribution < -0.4 is 5.32 Å². The molecule has 0 spiro atoms. The van der Waals surface area contributed by atoms with Crippen molar-refractivity contribution in [1.29, 1.82) is 0 Å². The number of pyridine rings is 1. The summed E-state index contributed by atoms with van der Waals surface area (Å²) in [5, 5.41) is 11.6. The molecule has 2 N–H and O–H groups in total. The second-order valence-electron chi connectivity index (χ2n) is 4.52. The molecule has 0 aliphatic carbocycles. The minimum absolute atomic E-state index is 0.191. The first-order chi connectivity index (χ1) is 9.61. The Bertz CT molecular complexity index is 452. The number of carbonyl (C=O) groups excluding carboxylic acids is 1. The molecule has 1 amide bonds. The van der Waals surface area contributed by atoms with Crippen LogP contribution in [0.3, 0.4) is 0 Å². The van der Waals surface area contributed by atoms with Gasteiger partial charge in [0, 0.05) is 25.4 Å². The van der Waals surface area contributed by atoms with Crippen molar-refractivity contribution in [3.63, 3.8) is 0 Å². The molecular formula is C14H19ClN2O3. The maximum absolute atomic E-state index is 11.8. The number of unbranched alkanes of at least 4 members (excludes halogenated alkanes) is 4. The summed E-state index contributed by atoms with van der Waals surface area (Å²) in [4.78, 5) is 25.9. The number of aliphatic carboxylic acids is 1. The van der Waals surface area contributed by atoms with E-state index in [1.54, 1.807) is 6.07 Å². The van der Waals surface area contributed by atoms with Crippen LogP contribution in [-0.2, 0) is 4.79 Å². The van der Waals surface area contributed by atoms with Gasteiger partial charge in [-0.3, -0.25) is 14.6 Å². The summed E-state index contributed by atoms with van der Waals surface area (Å²) < 4.78 is 0. The number of carboxylic acids is 1. The van der Waals surface area contributed by atoms with Crippen molar-refractivity contribution in [2.45, 2.75) is 38.5 Å². The number of halogens is 1. The molecule has 5 nitrogen and oxygen atoms in total. The number of amides is 1. The number of nitrogens with one attached hydrogen (secondary N) is 1. The maximum Gasteiger partial charge on any atom is 0.303 e. The number of nitrogens with zero attached hydrogens (tertiary/aromatic N) is 1. The van der Waals surface area contributed by atoms with Crippen molar-refractivity contribution in [3.05, 3.63) is 29.0 Å². The van der Waals surface area contributed by atoms with Crippen molar-refractivity contribution in [1.82, 2.24) is 10.3 Å². The van der Waals surface area contributed by atoms with Crippen LogP contribution in [0.1, 0.15) is 48.9 Å². The number of carbonyl (C=O) groups is 2. The Morgan fingerprint density at radius 1 is 1.20 bits per heavy atom. The second-order valence-corrected chi connectivity index (χ2v) is 4.93. The summed E-state index contributed by atoms with van der Waals surface area (Å²) in [6.45, 7) is 0.594. The zero-order valence-corrected chi connectivity index (χ0v) is 12.0. The predicted molar refractivity (Wildman–Crippen MR) is 76.9 cm³/mol. The van der Waals surface area contributed by atoms with Crippen molar-refractivity contribution in [2.24, 2.45) is 0 Å². The van der Waals surface area contributed by atoms with Gasteiger partial charge in [-0.1, -0.05) is 30.9 Å². The van der Waals surface area contributed by atoms with E-state index in [0.717, 1.165) is 25.7 Å². The Balaban J connectivity index is 2.08. The summed E-state index contributed by atoms with van der Waals surface area (Å²) in [6, 6.07) is 1.59. The quantitative estimate of drug-likeness (QED) is 0.687. The molecule has 1 aromatic rings. The van der Waals surface area contributed by atoms with Gasteiger partial charge in [0.05, 0.1) is 10.6 Å². The molecule has 0 aromatic carbocycles. The van der Waals surface area contributed by atoms with Crippen molar-refractivity contribution >= 4 is 23.5 Å². The van der Waals surface area contributed by atoms with Gasteiger partial charge in [0.15, 0.2) is 0 Å². The molecule has 0 fully saturated rings. The van der Waals surface area contributed by atoms with E-state index in [-0.39, 0.29) is 12.3 Å². The number of rotatable bonds is 9. The molecule has 1 aromatic heterocycles. The SMILES string of the molecule is O=C(O)CCCCCCCNC(=O)c1ccncc1Cl. The standard InChI is InChI=1S/C14H19ClN2O3/c15-12-10-16-9-7-11(12)14(20)17-8-5-3-1-2-4-6-13(18)19/h7,9-10H,1-6,8H2,(H,17,20)(H,18,19). The van der Waals surface area contributed by atoms with Gasteiger partial charge in [0.25, 0.3) is 5.91 Å². The van der Waals surface area contributed by atoms with Crippen LogP contribution in [0.2, 0.25) is 5.02 Å². The van der Waals surface area contributed by atoms with Crippen molar-refractivity contribution in [3.8, 4) is 0 Å². The summed E-state index contributed by atoms with van der Waals surface area (Å²) in [7, 11) is 0. The van der Waals surface area contributed by atoms with Crippen LogP contribution in [0.4, 0.5) is 0 Å². The molecule has 0 unspecified atom stereocenters. The highest BCUT2D eigenvalue weighted by atomic mass is 35.5. The van der Waals surface area contributed by atoms with Crippen LogP contribution in [0.15, 0.2) is 18.5 Å². The molecule has 0 saturated heterocycles. The molecule has 110 valence electrons. The minimum Gasteiger partial charge on any atom is -0.481 e. The molecule has 0 atom stereocenters. The van der Waals surface area contributed by atoms with E-state index in [0.29, 0.717) is 23.6 Å². The Morgan fingerprint density at radius 3 is 2.60 bits per heavy atom. The van der Waals surface area contributed by atoms with E-state index >= 15 is 0 Å². The van der Waals surface area contributed by atoms with Crippen LogP contribution in [0.25, 0.3) is 0 Å². The lowest BCUT2D eigenvalue weighted by Crippen LogP contribution is -2.24. The molecule has 0 saturated carbocycles. The highest BCUT2D eigenvalue weighted by Gasteiger charge is 2.08. The third-order valence-corrected chi connectivity index (χ3v) is 3.17. The van der Waals surface area contributed by atoms with E-state index in [4.69, 9.17) is 16.7 Å². The van der Waals surface area contributed by atoms with E-state index in [1.807, 2.05) is 0 Å². The topological polar surface area (TPSA) is 79.3 Å². The number of carboxylic acid groups (broad SMARTS) is 1. The van der Waals surface area contributed by atoms with Gasteiger partial charge in [-0.05, 0) is 18.9 Å². The first kappa shape index (κ1) is 16.4. The summed E-state index contributed by atoms with van der Waals surface area (Å²) in [5.41, 5.74) is 0.433. The Labute approximate surface area is 123 Å². The summed E-state index contributed by atoms with van der Waals surface area (Å²) in [6.07, 6.45) is 7.68. The molecule has 0 radical (unpaired) electrons. The van der Waals surface area contributed by atoms with Gasteiger partial charge in [-0.25, -0.2) is 0 Å². The van der Waals surface area contributed by atoms with Gasteiger partial charge in [0.1, 0.15) is 0 Å². The fraction of sp³-hybridized carbons (Fsp3) is 0.500. The normalized spacial score (nSPS) is 10.2.